The first-order valence-electron chi connectivity index (χ1n) is 9.75. The number of amides is 1. The predicted molar refractivity (Wildman–Crippen MR) is 117 cm³/mol. The minimum Gasteiger partial charge on any atom is -0.497 e. The normalized spacial score (nSPS) is 14.0. The molecule has 0 saturated carbocycles. The number of piperazine rings is 1. The predicted octanol–water partition coefficient (Wildman–Crippen LogP) is 3.08. The van der Waals surface area contributed by atoms with Crippen LogP contribution in [0.25, 0.3) is 6.08 Å². The molecule has 160 valence electrons. The molecule has 30 heavy (non-hydrogen) atoms. The largest absolute Gasteiger partial charge is 0.497 e. The average Bonchev–Trinajstić information content (AvgIpc) is 2.81. The van der Waals surface area contributed by atoms with Crippen LogP contribution < -0.4 is 23.8 Å². The number of hydrogen-bond donors (Lipinski definition) is 0. The second kappa shape index (κ2) is 9.91. The monoisotopic (exact) mass is 412 g/mol. The maximum absolute atomic E-state index is 12.7. The highest BCUT2D eigenvalue weighted by Crippen LogP contribution is 2.35. The fourth-order valence-corrected chi connectivity index (χ4v) is 3.44. The highest BCUT2D eigenvalue weighted by Gasteiger charge is 2.20. The zero-order chi connectivity index (χ0) is 21.5. The van der Waals surface area contributed by atoms with Gasteiger partial charge in [0.25, 0.3) is 0 Å². The number of benzene rings is 2. The summed E-state index contributed by atoms with van der Waals surface area (Å²) in [6.45, 7) is 2.85. The molecule has 0 N–H and O–H groups in total. The van der Waals surface area contributed by atoms with E-state index < -0.39 is 0 Å². The summed E-state index contributed by atoms with van der Waals surface area (Å²) in [5.74, 6) is 2.57. The second-order valence-electron chi connectivity index (χ2n) is 6.80. The number of carbonyl (C=O) groups excluding carboxylic acids is 1. The van der Waals surface area contributed by atoms with Crippen molar-refractivity contribution < 1.29 is 23.7 Å². The molecule has 1 aliphatic rings. The van der Waals surface area contributed by atoms with E-state index in [-0.39, 0.29) is 5.91 Å². The lowest BCUT2D eigenvalue weighted by atomic mass is 10.1. The van der Waals surface area contributed by atoms with Gasteiger partial charge < -0.3 is 28.7 Å². The molecule has 1 aliphatic heterocycles. The first-order valence-corrected chi connectivity index (χ1v) is 9.75. The fraction of sp³-hybridized carbons (Fsp3) is 0.348. The molecule has 7 heteroatoms. The summed E-state index contributed by atoms with van der Waals surface area (Å²) in [5.41, 5.74) is 1.85. The summed E-state index contributed by atoms with van der Waals surface area (Å²) in [6.07, 6.45) is 3.32. The molecule has 1 saturated heterocycles. The van der Waals surface area contributed by atoms with Gasteiger partial charge in [-0.15, -0.1) is 0 Å². The van der Waals surface area contributed by atoms with Crippen LogP contribution in [0.15, 0.2) is 42.5 Å². The summed E-state index contributed by atoms with van der Waals surface area (Å²) in [6, 6.07) is 11.5. The van der Waals surface area contributed by atoms with Gasteiger partial charge in [0.2, 0.25) is 5.91 Å². The molecule has 0 unspecified atom stereocenters. The highest BCUT2D eigenvalue weighted by atomic mass is 16.5. The number of rotatable bonds is 7. The smallest absolute Gasteiger partial charge is 0.246 e. The average molecular weight is 412 g/mol. The first kappa shape index (κ1) is 21.4. The molecule has 0 aromatic heterocycles. The molecule has 1 heterocycles. The molecule has 3 rings (SSSR count). The fourth-order valence-electron chi connectivity index (χ4n) is 3.44. The maximum atomic E-state index is 12.7. The molecule has 1 amide bonds. The SMILES string of the molecule is COc1cccc(N2CCN(C(=O)/C=C/c3cc(OC)c(OC)cc3OC)CC2)c1. The van der Waals surface area contributed by atoms with Gasteiger partial charge in [-0.2, -0.15) is 0 Å². The van der Waals surface area contributed by atoms with Crippen molar-refractivity contribution in [2.45, 2.75) is 0 Å². The van der Waals surface area contributed by atoms with E-state index in [1.165, 1.54) is 0 Å². The summed E-state index contributed by atoms with van der Waals surface area (Å²) in [7, 11) is 6.39. The topological polar surface area (TPSA) is 60.5 Å². The molecular weight excluding hydrogens is 384 g/mol. The van der Waals surface area contributed by atoms with Crippen molar-refractivity contribution >= 4 is 17.7 Å². The van der Waals surface area contributed by atoms with Crippen LogP contribution in [-0.2, 0) is 4.79 Å². The van der Waals surface area contributed by atoms with Crippen LogP contribution in [0.5, 0.6) is 23.0 Å². The molecule has 0 bridgehead atoms. The quantitative estimate of drug-likeness (QED) is 0.652. The standard InChI is InChI=1S/C23H28N2O5/c1-27-19-7-5-6-18(15-19)24-10-12-25(13-11-24)23(26)9-8-17-14-21(29-3)22(30-4)16-20(17)28-2/h5-9,14-16H,10-13H2,1-4H3/b9-8+. The lowest BCUT2D eigenvalue weighted by Gasteiger charge is -2.35. The van der Waals surface area contributed by atoms with E-state index in [9.17, 15) is 4.79 Å². The third kappa shape index (κ3) is 4.79. The number of anilines is 1. The van der Waals surface area contributed by atoms with Crippen molar-refractivity contribution in [3.05, 3.63) is 48.0 Å². The number of methoxy groups -OCH3 is 4. The van der Waals surface area contributed by atoms with Gasteiger partial charge in [-0.25, -0.2) is 0 Å². The van der Waals surface area contributed by atoms with E-state index in [0.717, 1.165) is 30.1 Å². The third-order valence-electron chi connectivity index (χ3n) is 5.15. The zero-order valence-corrected chi connectivity index (χ0v) is 17.9. The number of ether oxygens (including phenoxy) is 4. The van der Waals surface area contributed by atoms with Gasteiger partial charge in [0.15, 0.2) is 11.5 Å². The molecule has 2 aromatic carbocycles. The van der Waals surface area contributed by atoms with E-state index in [0.29, 0.717) is 30.3 Å². The Morgan fingerprint density at radius 2 is 1.50 bits per heavy atom. The van der Waals surface area contributed by atoms with E-state index in [4.69, 9.17) is 18.9 Å². The Labute approximate surface area is 177 Å². The van der Waals surface area contributed by atoms with Crippen molar-refractivity contribution in [3.63, 3.8) is 0 Å². The third-order valence-corrected chi connectivity index (χ3v) is 5.15. The van der Waals surface area contributed by atoms with E-state index in [1.54, 1.807) is 52.7 Å². The van der Waals surface area contributed by atoms with E-state index in [2.05, 4.69) is 11.0 Å². The maximum Gasteiger partial charge on any atom is 0.246 e. The zero-order valence-electron chi connectivity index (χ0n) is 17.9. The molecule has 0 atom stereocenters. The Hall–Kier alpha value is -3.35. The van der Waals surface area contributed by atoms with E-state index >= 15 is 0 Å². The lowest BCUT2D eigenvalue weighted by Crippen LogP contribution is -2.48. The van der Waals surface area contributed by atoms with E-state index in [1.807, 2.05) is 23.1 Å². The van der Waals surface area contributed by atoms with Crippen molar-refractivity contribution in [3.8, 4) is 23.0 Å². The van der Waals surface area contributed by atoms with Crippen LogP contribution in [0.2, 0.25) is 0 Å². The number of carbonyl (C=O) groups is 1. The molecule has 0 radical (unpaired) electrons. The molecule has 2 aromatic rings. The number of hydrogen-bond acceptors (Lipinski definition) is 6. The van der Waals surface area contributed by atoms with Crippen molar-refractivity contribution in [1.29, 1.82) is 0 Å². The summed E-state index contributed by atoms with van der Waals surface area (Å²) >= 11 is 0. The van der Waals surface area contributed by atoms with Crippen LogP contribution in [0.4, 0.5) is 5.69 Å². The van der Waals surface area contributed by atoms with Gasteiger partial charge in [0, 0.05) is 55.6 Å². The van der Waals surface area contributed by atoms with Crippen LogP contribution in [0.1, 0.15) is 5.56 Å². The number of nitrogens with zero attached hydrogens (tertiary/aromatic N) is 2. The molecule has 1 fully saturated rings. The summed E-state index contributed by atoms with van der Waals surface area (Å²) in [5, 5.41) is 0. The van der Waals surface area contributed by atoms with Gasteiger partial charge >= 0.3 is 0 Å². The Morgan fingerprint density at radius 1 is 0.833 bits per heavy atom. The molecule has 0 aliphatic carbocycles. The van der Waals surface area contributed by atoms with Crippen LogP contribution in [0.3, 0.4) is 0 Å². The van der Waals surface area contributed by atoms with Crippen molar-refractivity contribution in [2.75, 3.05) is 59.5 Å². The first-order chi connectivity index (χ1) is 14.6. The minimum atomic E-state index is -0.0304. The highest BCUT2D eigenvalue weighted by molar-refractivity contribution is 5.92. The van der Waals surface area contributed by atoms with Gasteiger partial charge in [0.05, 0.1) is 28.4 Å². The Balaban J connectivity index is 1.65. The van der Waals surface area contributed by atoms with Gasteiger partial charge in [0.1, 0.15) is 11.5 Å². The minimum absolute atomic E-state index is 0.0304. The van der Waals surface area contributed by atoms with Crippen molar-refractivity contribution in [1.82, 2.24) is 4.90 Å². The second-order valence-corrected chi connectivity index (χ2v) is 6.80. The van der Waals surface area contributed by atoms with Gasteiger partial charge in [-0.05, 0) is 24.3 Å². The molecule has 7 nitrogen and oxygen atoms in total. The molecule has 0 spiro atoms. The summed E-state index contributed by atoms with van der Waals surface area (Å²) in [4.78, 5) is 16.8. The Bertz CT molecular complexity index is 904. The molecular formula is C23H28N2O5. The van der Waals surface area contributed by atoms with Crippen LogP contribution in [-0.4, -0.2) is 65.4 Å². The summed E-state index contributed by atoms with van der Waals surface area (Å²) < 4.78 is 21.4. The lowest BCUT2D eigenvalue weighted by molar-refractivity contribution is -0.126. The van der Waals surface area contributed by atoms with Crippen molar-refractivity contribution in [2.24, 2.45) is 0 Å². The van der Waals surface area contributed by atoms with Gasteiger partial charge in [-0.1, -0.05) is 6.07 Å². The van der Waals surface area contributed by atoms with Gasteiger partial charge in [-0.3, -0.25) is 4.79 Å². The van der Waals surface area contributed by atoms with Crippen LogP contribution >= 0.6 is 0 Å². The Morgan fingerprint density at radius 3 is 2.13 bits per heavy atom. The van der Waals surface area contributed by atoms with Crippen LogP contribution in [0, 0.1) is 0 Å². The Kier molecular flexibility index (Phi) is 7.06.